The molecule has 2 saturated carbocycles. The number of allylic oxidation sites excluding steroid dienone is 2. The Kier molecular flexibility index (Phi) is 11.7. The lowest BCUT2D eigenvalue weighted by atomic mass is 9.81. The molecule has 5 aliphatic rings. The molecule has 2 saturated heterocycles. The van der Waals surface area contributed by atoms with Crippen molar-refractivity contribution in [2.45, 2.75) is 108 Å². The highest BCUT2D eigenvalue weighted by atomic mass is 32.2. The number of aromatic nitrogens is 1. The highest BCUT2D eigenvalue weighted by Gasteiger charge is 2.63. The number of amides is 2. The molecular weight excluding hydrogens is 770 g/mol. The number of carbonyl (C=O) groups is 4. The third kappa shape index (κ3) is 7.97. The summed E-state index contributed by atoms with van der Waals surface area (Å²) in [5.41, 5.74) is -2.17. The first-order valence-corrected chi connectivity index (χ1v) is 22.1. The van der Waals surface area contributed by atoms with Crippen LogP contribution < -0.4 is 14.2 Å². The Balaban J connectivity index is 1.22. The number of nitrogens with one attached hydrogen (secondary N) is 1. The van der Waals surface area contributed by atoms with Gasteiger partial charge in [0.25, 0.3) is 0 Å². The average Bonchev–Trinajstić information content (AvgIpc) is 4.08. The zero-order chi connectivity index (χ0) is 41.6. The van der Waals surface area contributed by atoms with Gasteiger partial charge in [0.05, 0.1) is 56.9 Å². The lowest BCUT2D eigenvalue weighted by Crippen LogP contribution is -2.57. The molecule has 1 aromatic carbocycles. The summed E-state index contributed by atoms with van der Waals surface area (Å²) in [4.78, 5) is 63.5. The van der Waals surface area contributed by atoms with Gasteiger partial charge in [-0.3, -0.25) is 23.9 Å². The van der Waals surface area contributed by atoms with Crippen molar-refractivity contribution < 1.29 is 50.9 Å². The summed E-state index contributed by atoms with van der Waals surface area (Å²) in [6, 6.07) is 6.38. The van der Waals surface area contributed by atoms with Gasteiger partial charge >= 0.3 is 5.97 Å². The summed E-state index contributed by atoms with van der Waals surface area (Å²) >= 11 is 0. The molecule has 0 spiro atoms. The number of nitrogens with zero attached hydrogens (tertiary/aromatic N) is 2. The van der Waals surface area contributed by atoms with Gasteiger partial charge in [-0.15, -0.1) is 0 Å². The number of ketones is 1. The van der Waals surface area contributed by atoms with Crippen LogP contribution in [0.3, 0.4) is 0 Å². The third-order valence-corrected chi connectivity index (χ3v) is 15.6. The largest absolute Gasteiger partial charge is 0.494 e. The number of sulfonamides is 1. The maximum Gasteiger partial charge on any atom is 0.307 e. The first kappa shape index (κ1) is 42.0. The Morgan fingerprint density at radius 3 is 2.47 bits per heavy atom. The van der Waals surface area contributed by atoms with E-state index in [2.05, 4.69) is 16.6 Å². The number of pyridine rings is 1. The van der Waals surface area contributed by atoms with E-state index in [0.29, 0.717) is 29.9 Å². The van der Waals surface area contributed by atoms with Crippen LogP contribution in [-0.2, 0) is 38.7 Å². The SMILES string of the molecule is COc1cnc(O[C@@H]2C[C@H]3C(=O)C[C@]4(C(=O)NS(=O)(=O)C5(CF)CC5)C[C@H]4/C=C\CC[C@@H](C)C[C@@H](C)[C@H](CC(=O)OC4(C(C)C)COC4)C(=O)N3C2)c2ccccc12. The Morgan fingerprint density at radius 1 is 1.10 bits per heavy atom. The molecule has 2 aromatic rings. The second kappa shape index (κ2) is 16.2. The van der Waals surface area contributed by atoms with Gasteiger partial charge in [0.1, 0.15) is 23.3 Å². The van der Waals surface area contributed by atoms with Crippen molar-refractivity contribution in [2.24, 2.45) is 35.0 Å². The van der Waals surface area contributed by atoms with Gasteiger partial charge in [-0.1, -0.05) is 58.0 Å². The van der Waals surface area contributed by atoms with E-state index in [0.717, 1.165) is 11.8 Å². The summed E-state index contributed by atoms with van der Waals surface area (Å²) in [5, 5.41) is 1.45. The minimum Gasteiger partial charge on any atom is -0.494 e. The topological polar surface area (TPSA) is 167 Å². The van der Waals surface area contributed by atoms with Crippen LogP contribution in [0.4, 0.5) is 4.39 Å². The van der Waals surface area contributed by atoms with Crippen molar-refractivity contribution in [1.29, 1.82) is 0 Å². The van der Waals surface area contributed by atoms with Crippen LogP contribution in [0.2, 0.25) is 0 Å². The minimum absolute atomic E-state index is 0.00185. The lowest BCUT2D eigenvalue weighted by molar-refractivity contribution is -0.229. The number of esters is 1. The number of carbonyl (C=O) groups excluding carboxylic acids is 4. The maximum absolute atomic E-state index is 15.0. The zero-order valence-electron chi connectivity index (χ0n) is 34.0. The molecule has 1 N–H and O–H groups in total. The van der Waals surface area contributed by atoms with Gasteiger partial charge in [-0.25, -0.2) is 17.8 Å². The predicted molar refractivity (Wildman–Crippen MR) is 212 cm³/mol. The fraction of sp³-hybridized carbons (Fsp3) is 0.651. The summed E-state index contributed by atoms with van der Waals surface area (Å²) < 4.78 is 64.4. The molecule has 4 fully saturated rings. The number of Topliss-reactive ketones (excluding diaryl/α,β-unsaturated/α-hetero) is 1. The average molecular weight is 826 g/mol. The van der Waals surface area contributed by atoms with Crippen molar-refractivity contribution in [1.82, 2.24) is 14.6 Å². The van der Waals surface area contributed by atoms with E-state index in [1.54, 1.807) is 13.3 Å². The first-order chi connectivity index (χ1) is 27.6. The van der Waals surface area contributed by atoms with Crippen molar-refractivity contribution in [3.63, 3.8) is 0 Å². The predicted octanol–water partition coefficient (Wildman–Crippen LogP) is 5.49. The fourth-order valence-corrected chi connectivity index (χ4v) is 10.5. The molecule has 2 aliphatic carbocycles. The summed E-state index contributed by atoms with van der Waals surface area (Å²) in [7, 11) is -2.80. The van der Waals surface area contributed by atoms with Crippen LogP contribution >= 0.6 is 0 Å². The fourth-order valence-electron chi connectivity index (χ4n) is 9.06. The van der Waals surface area contributed by atoms with E-state index in [4.69, 9.17) is 18.9 Å². The first-order valence-electron chi connectivity index (χ1n) is 20.6. The summed E-state index contributed by atoms with van der Waals surface area (Å²) in [5.74, 6) is -2.68. The van der Waals surface area contributed by atoms with Gasteiger partial charge < -0.3 is 23.8 Å². The number of benzene rings is 1. The molecule has 0 unspecified atom stereocenters. The Morgan fingerprint density at radius 2 is 1.83 bits per heavy atom. The summed E-state index contributed by atoms with van der Waals surface area (Å²) in [6.07, 6.45) is 6.75. The second-order valence-electron chi connectivity index (χ2n) is 17.8. The van der Waals surface area contributed by atoms with E-state index in [1.807, 2.05) is 57.2 Å². The van der Waals surface area contributed by atoms with E-state index in [1.165, 1.54) is 4.90 Å². The standard InChI is InChI=1S/C43H56FN3O10S/c1-26(2)43(24-55-25-43)57-37(49)18-33-28(4)16-27(3)10-6-7-11-29-19-42(29,40(51)46-58(52,53)41(23-44)14-15-41)20-35(48)34-17-30(22-47(34)39(33)50)56-38-32-13-9-8-12-31(32)36(54-5)21-45-38/h7-9,11-13,21,26-30,33-34H,6,10,14-20,22-25H2,1-5H3,(H,46,51)/b11-7-/t27-,28-,29-,30-,33+,34+,42-/m1/s1. The molecule has 1 aromatic heterocycles. The monoisotopic (exact) mass is 825 g/mol. The molecule has 58 heavy (non-hydrogen) atoms. The molecule has 4 heterocycles. The van der Waals surface area contributed by atoms with Crippen LogP contribution in [0.25, 0.3) is 10.8 Å². The van der Waals surface area contributed by atoms with Crippen LogP contribution in [0.5, 0.6) is 11.6 Å². The molecule has 316 valence electrons. The van der Waals surface area contributed by atoms with Gasteiger partial charge in [-0.2, -0.15) is 0 Å². The third-order valence-electron chi connectivity index (χ3n) is 13.5. The molecule has 13 nitrogen and oxygen atoms in total. The number of rotatable bonds is 11. The van der Waals surface area contributed by atoms with Crippen LogP contribution in [-0.4, -0.2) is 97.9 Å². The Bertz CT molecular complexity index is 2070. The van der Waals surface area contributed by atoms with Crippen molar-refractivity contribution in [2.75, 3.05) is 33.5 Å². The zero-order valence-corrected chi connectivity index (χ0v) is 34.9. The molecule has 7 rings (SSSR count). The minimum atomic E-state index is -4.35. The molecule has 0 bridgehead atoms. The van der Waals surface area contributed by atoms with Gasteiger partial charge in [0, 0.05) is 23.6 Å². The van der Waals surface area contributed by atoms with Crippen LogP contribution in [0, 0.1) is 35.0 Å². The highest BCUT2D eigenvalue weighted by Crippen LogP contribution is 2.58. The Labute approximate surface area is 339 Å². The van der Waals surface area contributed by atoms with Crippen molar-refractivity contribution in [3.8, 4) is 11.6 Å². The molecule has 15 heteroatoms. The van der Waals surface area contributed by atoms with Crippen molar-refractivity contribution >= 4 is 44.4 Å². The lowest BCUT2D eigenvalue weighted by Gasteiger charge is -2.44. The maximum atomic E-state index is 15.0. The van der Waals surface area contributed by atoms with Crippen LogP contribution in [0.1, 0.15) is 85.5 Å². The number of ether oxygens (including phenoxy) is 4. The second-order valence-corrected chi connectivity index (χ2v) is 19.9. The molecule has 7 atom stereocenters. The van der Waals surface area contributed by atoms with Gasteiger partial charge in [0.2, 0.25) is 27.7 Å². The van der Waals surface area contributed by atoms with Gasteiger partial charge in [0.15, 0.2) is 11.4 Å². The van der Waals surface area contributed by atoms with Crippen molar-refractivity contribution in [3.05, 3.63) is 42.6 Å². The number of halogens is 1. The Hall–Kier alpha value is -4.11. The number of alkyl halides is 1. The van der Waals surface area contributed by atoms with E-state index >= 15 is 4.79 Å². The van der Waals surface area contributed by atoms with E-state index in [9.17, 15) is 27.2 Å². The molecular formula is C43H56FN3O10S. The van der Waals surface area contributed by atoms with E-state index in [-0.39, 0.29) is 76.0 Å². The number of hydrogen-bond donors (Lipinski definition) is 1. The van der Waals surface area contributed by atoms with Crippen LogP contribution in [0.15, 0.2) is 42.6 Å². The normalized spacial score (nSPS) is 31.2. The molecule has 2 amide bonds. The number of methoxy groups -OCH3 is 1. The van der Waals surface area contributed by atoms with E-state index < -0.39 is 80.0 Å². The number of hydrogen-bond acceptors (Lipinski definition) is 11. The number of fused-ring (bicyclic) bond motifs is 3. The molecule has 3 aliphatic heterocycles. The van der Waals surface area contributed by atoms with Gasteiger partial charge in [-0.05, 0) is 68.3 Å². The molecule has 0 radical (unpaired) electrons. The smallest absolute Gasteiger partial charge is 0.307 e. The highest BCUT2D eigenvalue weighted by molar-refractivity contribution is 7.91. The quantitative estimate of drug-likeness (QED) is 0.225. The summed E-state index contributed by atoms with van der Waals surface area (Å²) in [6.45, 7) is 7.42.